The number of piperidine rings is 2. The zero-order valence-electron chi connectivity index (χ0n) is 26.8. The summed E-state index contributed by atoms with van der Waals surface area (Å²) in [5.41, 5.74) is 0. The third-order valence-corrected chi connectivity index (χ3v) is 13.0. The highest BCUT2D eigenvalue weighted by Gasteiger charge is 2.34. The van der Waals surface area contributed by atoms with Crippen molar-refractivity contribution in [2.45, 2.75) is 192 Å². The molecule has 6 fully saturated rings. The maximum Gasteiger partial charge on any atom is 0.00699 e. The van der Waals surface area contributed by atoms with Gasteiger partial charge in [-0.2, -0.15) is 0 Å². The Bertz CT molecular complexity index is 534. The third kappa shape index (κ3) is 9.99. The molecule has 2 saturated heterocycles. The van der Waals surface area contributed by atoms with Crippen LogP contribution >= 0.6 is 0 Å². The first-order valence-electron chi connectivity index (χ1n) is 19.3. The molecule has 2 heterocycles. The molecule has 232 valence electrons. The molecule has 0 aromatic rings. The van der Waals surface area contributed by atoms with Crippen LogP contribution in [0.15, 0.2) is 0 Å². The van der Waals surface area contributed by atoms with E-state index >= 15 is 0 Å². The molecule has 2 aliphatic heterocycles. The minimum Gasteiger partial charge on any atom is -0.314 e. The summed E-state index contributed by atoms with van der Waals surface area (Å²) in [6.07, 6.45) is 42.3. The molecule has 2 N–H and O–H groups in total. The molecule has 4 aliphatic carbocycles. The molecule has 0 aromatic carbocycles. The fourth-order valence-electron chi connectivity index (χ4n) is 10.7. The molecule has 2 atom stereocenters. The number of hydrogen-bond donors (Lipinski definition) is 2. The normalized spacial score (nSPS) is 30.8. The van der Waals surface area contributed by atoms with Gasteiger partial charge in [0.05, 0.1) is 0 Å². The molecule has 0 spiro atoms. The lowest BCUT2D eigenvalue weighted by atomic mass is 9.67. The first-order chi connectivity index (χ1) is 19.9. The average molecular weight is 555 g/mol. The smallest absolute Gasteiger partial charge is 0.00699 e. The summed E-state index contributed by atoms with van der Waals surface area (Å²) in [6.45, 7) is 2.57. The SMILES string of the molecule is C1CCC(C(C[C@@H]2CCCCN2)C2CCCCC2)CC1.C1CCC(C(C[C@H]2CCCCN2)C2CCCCC2)CC1. The van der Waals surface area contributed by atoms with Gasteiger partial charge in [0.15, 0.2) is 0 Å². The number of hydrogen-bond acceptors (Lipinski definition) is 2. The van der Waals surface area contributed by atoms with Crippen molar-refractivity contribution in [1.82, 2.24) is 10.6 Å². The van der Waals surface area contributed by atoms with E-state index in [9.17, 15) is 0 Å². The van der Waals surface area contributed by atoms with Crippen LogP contribution in [0.5, 0.6) is 0 Å². The summed E-state index contributed by atoms with van der Waals surface area (Å²) in [6, 6.07) is 1.72. The highest BCUT2D eigenvalue weighted by molar-refractivity contribution is 4.87. The van der Waals surface area contributed by atoms with E-state index in [1.807, 2.05) is 0 Å². The summed E-state index contributed by atoms with van der Waals surface area (Å²) < 4.78 is 0. The molecule has 6 aliphatic rings. The van der Waals surface area contributed by atoms with Gasteiger partial charge >= 0.3 is 0 Å². The zero-order chi connectivity index (χ0) is 27.2. The highest BCUT2D eigenvalue weighted by atomic mass is 14.9. The van der Waals surface area contributed by atoms with Gasteiger partial charge in [0.25, 0.3) is 0 Å². The minimum absolute atomic E-state index is 0.859. The van der Waals surface area contributed by atoms with Crippen molar-refractivity contribution in [2.75, 3.05) is 13.1 Å². The van der Waals surface area contributed by atoms with Crippen molar-refractivity contribution in [3.63, 3.8) is 0 Å². The van der Waals surface area contributed by atoms with Crippen LogP contribution in [-0.2, 0) is 0 Å². The van der Waals surface area contributed by atoms with Crippen molar-refractivity contribution < 1.29 is 0 Å². The Labute approximate surface area is 250 Å². The van der Waals surface area contributed by atoms with E-state index in [2.05, 4.69) is 10.6 Å². The quantitative estimate of drug-likeness (QED) is 0.312. The first-order valence-corrected chi connectivity index (χ1v) is 19.3. The summed E-state index contributed by atoms with van der Waals surface area (Å²) >= 11 is 0. The Morgan fingerprint density at radius 2 is 0.600 bits per heavy atom. The second-order valence-electron chi connectivity index (χ2n) is 15.7. The summed E-state index contributed by atoms with van der Waals surface area (Å²) in [5.74, 6) is 6.44. The summed E-state index contributed by atoms with van der Waals surface area (Å²) in [7, 11) is 0. The van der Waals surface area contributed by atoms with E-state index in [4.69, 9.17) is 0 Å². The maximum absolute atomic E-state index is 3.83. The van der Waals surface area contributed by atoms with Gasteiger partial charge in [-0.3, -0.25) is 0 Å². The molecular weight excluding hydrogens is 484 g/mol. The summed E-state index contributed by atoms with van der Waals surface area (Å²) in [5, 5.41) is 7.66. The van der Waals surface area contributed by atoms with Crippen molar-refractivity contribution in [3.8, 4) is 0 Å². The van der Waals surface area contributed by atoms with E-state index in [0.29, 0.717) is 0 Å². The van der Waals surface area contributed by atoms with Crippen LogP contribution in [0.25, 0.3) is 0 Å². The van der Waals surface area contributed by atoms with Gasteiger partial charge in [-0.05, 0) is 87.1 Å². The van der Waals surface area contributed by atoms with Gasteiger partial charge in [-0.1, -0.05) is 141 Å². The first kappa shape index (κ1) is 31.3. The molecule has 4 saturated carbocycles. The van der Waals surface area contributed by atoms with Crippen molar-refractivity contribution in [1.29, 1.82) is 0 Å². The fraction of sp³-hybridized carbons (Fsp3) is 1.00. The molecule has 2 nitrogen and oxygen atoms in total. The van der Waals surface area contributed by atoms with Crippen LogP contribution in [-0.4, -0.2) is 25.2 Å². The van der Waals surface area contributed by atoms with Crippen LogP contribution in [0.1, 0.15) is 180 Å². The third-order valence-electron chi connectivity index (χ3n) is 13.0. The maximum atomic E-state index is 3.83. The Balaban J connectivity index is 0.000000161. The van der Waals surface area contributed by atoms with E-state index < -0.39 is 0 Å². The standard InChI is InChI=1S/2C19H35N/c2*1-3-9-16(10-4-1)19(17-11-5-2-6-12-17)15-18-13-7-8-14-20-18/h2*16-20H,1-15H2/t2*18-/m10/s1. The predicted octanol–water partition coefficient (Wildman–Crippen LogP) is 10.6. The molecule has 0 radical (unpaired) electrons. The Hall–Kier alpha value is -0.0800. The minimum atomic E-state index is 0.859. The van der Waals surface area contributed by atoms with Gasteiger partial charge < -0.3 is 10.6 Å². The van der Waals surface area contributed by atoms with Gasteiger partial charge in [0.2, 0.25) is 0 Å². The largest absolute Gasteiger partial charge is 0.314 e. The predicted molar refractivity (Wildman–Crippen MR) is 174 cm³/mol. The number of rotatable bonds is 8. The molecule has 6 rings (SSSR count). The molecule has 40 heavy (non-hydrogen) atoms. The van der Waals surface area contributed by atoms with Crippen LogP contribution in [0, 0.1) is 35.5 Å². The molecule has 0 unspecified atom stereocenters. The van der Waals surface area contributed by atoms with Gasteiger partial charge in [0.1, 0.15) is 0 Å². The van der Waals surface area contributed by atoms with Crippen molar-refractivity contribution in [2.24, 2.45) is 35.5 Å². The van der Waals surface area contributed by atoms with Crippen molar-refractivity contribution >= 4 is 0 Å². The van der Waals surface area contributed by atoms with Crippen LogP contribution in [0.4, 0.5) is 0 Å². The molecule has 0 aromatic heterocycles. The lowest BCUT2D eigenvalue weighted by Crippen LogP contribution is -2.39. The molecule has 2 heteroatoms. The van der Waals surface area contributed by atoms with E-state index in [-0.39, 0.29) is 0 Å². The Morgan fingerprint density at radius 3 is 0.850 bits per heavy atom. The van der Waals surface area contributed by atoms with Gasteiger partial charge in [0, 0.05) is 12.1 Å². The average Bonchev–Trinajstić information content (AvgIpc) is 3.05. The lowest BCUT2D eigenvalue weighted by Gasteiger charge is -2.40. The highest BCUT2D eigenvalue weighted by Crippen LogP contribution is 2.44. The lowest BCUT2D eigenvalue weighted by molar-refractivity contribution is 0.118. The van der Waals surface area contributed by atoms with Crippen LogP contribution in [0.3, 0.4) is 0 Å². The zero-order valence-corrected chi connectivity index (χ0v) is 26.8. The molecule has 0 bridgehead atoms. The van der Waals surface area contributed by atoms with Crippen LogP contribution < -0.4 is 10.6 Å². The number of nitrogens with one attached hydrogen (secondary N) is 2. The summed E-state index contributed by atoms with van der Waals surface area (Å²) in [4.78, 5) is 0. The van der Waals surface area contributed by atoms with E-state index in [1.54, 1.807) is 51.4 Å². The fourth-order valence-corrected chi connectivity index (χ4v) is 10.7. The molecule has 0 amide bonds. The Morgan fingerprint density at radius 1 is 0.325 bits per heavy atom. The van der Waals surface area contributed by atoms with Crippen LogP contribution in [0.2, 0.25) is 0 Å². The van der Waals surface area contributed by atoms with E-state index in [0.717, 1.165) is 47.6 Å². The van der Waals surface area contributed by atoms with Gasteiger partial charge in [-0.15, -0.1) is 0 Å². The molecular formula is C38H70N2. The van der Waals surface area contributed by atoms with Gasteiger partial charge in [-0.25, -0.2) is 0 Å². The monoisotopic (exact) mass is 555 g/mol. The second-order valence-corrected chi connectivity index (χ2v) is 15.7. The Kier molecular flexibility index (Phi) is 14.0. The van der Waals surface area contributed by atoms with E-state index in [1.165, 1.54) is 142 Å². The topological polar surface area (TPSA) is 24.1 Å². The second kappa shape index (κ2) is 17.9. The van der Waals surface area contributed by atoms with Crippen molar-refractivity contribution in [3.05, 3.63) is 0 Å².